The molecule has 2 rings (SSSR count). The van der Waals surface area contributed by atoms with Crippen LogP contribution in [0.25, 0.3) is 0 Å². The van der Waals surface area contributed by atoms with Gasteiger partial charge in [-0.3, -0.25) is 10.1 Å². The predicted octanol–water partition coefficient (Wildman–Crippen LogP) is 1.85. The molecule has 1 heterocycles. The van der Waals surface area contributed by atoms with E-state index >= 15 is 0 Å². The Bertz CT molecular complexity index is 482. The van der Waals surface area contributed by atoms with Crippen molar-refractivity contribution < 1.29 is 4.79 Å². The highest BCUT2D eigenvalue weighted by Crippen LogP contribution is 2.13. The zero-order valence-electron chi connectivity index (χ0n) is 8.51. The average molecular weight is 233 g/mol. The fourth-order valence-electron chi connectivity index (χ4n) is 1.29. The molecule has 0 unspecified atom stereocenters. The maximum Gasteiger partial charge on any atom is 0.257 e. The first-order valence-corrected chi connectivity index (χ1v) is 5.67. The maximum atomic E-state index is 11.8. The quantitative estimate of drug-likeness (QED) is 0.850. The van der Waals surface area contributed by atoms with E-state index in [2.05, 4.69) is 10.3 Å². The number of nitrogens with zero attached hydrogens (tertiary/aromatic N) is 1. The van der Waals surface area contributed by atoms with E-state index in [1.54, 1.807) is 18.3 Å². The summed E-state index contributed by atoms with van der Waals surface area (Å²) < 4.78 is 0. The van der Waals surface area contributed by atoms with Crippen molar-refractivity contribution in [2.75, 3.05) is 5.32 Å². The van der Waals surface area contributed by atoms with Gasteiger partial charge < -0.3 is 5.73 Å². The van der Waals surface area contributed by atoms with E-state index in [0.29, 0.717) is 17.2 Å². The second-order valence-electron chi connectivity index (χ2n) is 3.20. The minimum atomic E-state index is -0.162. The zero-order chi connectivity index (χ0) is 11.4. The second kappa shape index (κ2) is 4.87. The van der Waals surface area contributed by atoms with Gasteiger partial charge in [-0.05, 0) is 17.7 Å². The third-order valence-electron chi connectivity index (χ3n) is 2.08. The number of aromatic nitrogens is 1. The summed E-state index contributed by atoms with van der Waals surface area (Å²) in [6.07, 6.45) is 1.65. The van der Waals surface area contributed by atoms with Gasteiger partial charge in [0.05, 0.1) is 0 Å². The molecule has 1 amide bonds. The molecule has 1 aromatic carbocycles. The van der Waals surface area contributed by atoms with Crippen LogP contribution in [0.3, 0.4) is 0 Å². The van der Waals surface area contributed by atoms with Gasteiger partial charge >= 0.3 is 0 Å². The number of amides is 1. The van der Waals surface area contributed by atoms with Crippen LogP contribution >= 0.6 is 11.3 Å². The average Bonchev–Trinajstić information content (AvgIpc) is 2.82. The van der Waals surface area contributed by atoms with Crippen LogP contribution in [0.4, 0.5) is 5.13 Å². The molecule has 0 radical (unpaired) electrons. The summed E-state index contributed by atoms with van der Waals surface area (Å²) in [7, 11) is 0. The van der Waals surface area contributed by atoms with Crippen LogP contribution in [0.5, 0.6) is 0 Å². The molecule has 0 spiro atoms. The molecule has 1 aromatic heterocycles. The lowest BCUT2D eigenvalue weighted by Gasteiger charge is -2.03. The van der Waals surface area contributed by atoms with Gasteiger partial charge in [0, 0.05) is 23.7 Å². The van der Waals surface area contributed by atoms with E-state index < -0.39 is 0 Å². The molecule has 0 fully saturated rings. The first-order valence-electron chi connectivity index (χ1n) is 4.79. The minimum absolute atomic E-state index is 0.162. The summed E-state index contributed by atoms with van der Waals surface area (Å²) in [5.74, 6) is -0.162. The van der Waals surface area contributed by atoms with E-state index in [1.807, 2.05) is 17.5 Å². The lowest BCUT2D eigenvalue weighted by molar-refractivity contribution is 0.102. The summed E-state index contributed by atoms with van der Waals surface area (Å²) >= 11 is 1.39. The molecule has 5 heteroatoms. The smallest absolute Gasteiger partial charge is 0.257 e. The van der Waals surface area contributed by atoms with Crippen molar-refractivity contribution in [1.29, 1.82) is 0 Å². The number of nitrogens with two attached hydrogens (primary N) is 1. The molecule has 82 valence electrons. The normalized spacial score (nSPS) is 10.1. The fraction of sp³-hybridized carbons (Fsp3) is 0.0909. The van der Waals surface area contributed by atoms with Gasteiger partial charge in [-0.1, -0.05) is 12.1 Å². The highest BCUT2D eigenvalue weighted by atomic mass is 32.1. The molecule has 0 aliphatic carbocycles. The van der Waals surface area contributed by atoms with Gasteiger partial charge in [0.2, 0.25) is 0 Å². The van der Waals surface area contributed by atoms with Crippen molar-refractivity contribution in [3.8, 4) is 0 Å². The van der Waals surface area contributed by atoms with Gasteiger partial charge in [-0.15, -0.1) is 11.3 Å². The van der Waals surface area contributed by atoms with Gasteiger partial charge in [-0.2, -0.15) is 0 Å². The zero-order valence-corrected chi connectivity index (χ0v) is 9.33. The molecule has 0 aliphatic heterocycles. The number of benzene rings is 1. The number of anilines is 1. The van der Waals surface area contributed by atoms with Gasteiger partial charge in [0.15, 0.2) is 5.13 Å². The molecule has 4 nitrogen and oxygen atoms in total. The molecule has 2 aromatic rings. The molecule has 0 aliphatic rings. The summed E-state index contributed by atoms with van der Waals surface area (Å²) in [5.41, 5.74) is 7.05. The summed E-state index contributed by atoms with van der Waals surface area (Å²) in [6.45, 7) is 0.429. The van der Waals surface area contributed by atoms with Gasteiger partial charge in [0.1, 0.15) is 0 Å². The van der Waals surface area contributed by atoms with Crippen molar-refractivity contribution in [3.05, 3.63) is 47.0 Å². The van der Waals surface area contributed by atoms with E-state index in [9.17, 15) is 4.79 Å². The molecule has 16 heavy (non-hydrogen) atoms. The van der Waals surface area contributed by atoms with Crippen LogP contribution in [0.2, 0.25) is 0 Å². The molecule has 0 saturated heterocycles. The van der Waals surface area contributed by atoms with Crippen molar-refractivity contribution in [2.45, 2.75) is 6.54 Å². The largest absolute Gasteiger partial charge is 0.326 e. The molecule has 0 atom stereocenters. The molecule has 0 saturated carbocycles. The Hall–Kier alpha value is -1.72. The van der Waals surface area contributed by atoms with Crippen molar-refractivity contribution in [3.63, 3.8) is 0 Å². The molecule has 0 bridgehead atoms. The van der Waals surface area contributed by atoms with Crippen LogP contribution in [0, 0.1) is 0 Å². The number of carbonyl (C=O) groups is 1. The first-order chi connectivity index (χ1) is 7.79. The molecule has 3 N–H and O–H groups in total. The third kappa shape index (κ3) is 2.44. The highest BCUT2D eigenvalue weighted by Gasteiger charge is 2.07. The number of thiazole rings is 1. The lowest BCUT2D eigenvalue weighted by Crippen LogP contribution is -2.12. The Morgan fingerprint density at radius 2 is 2.38 bits per heavy atom. The fourth-order valence-corrected chi connectivity index (χ4v) is 1.82. The van der Waals surface area contributed by atoms with Crippen molar-refractivity contribution in [2.24, 2.45) is 5.73 Å². The summed E-state index contributed by atoms with van der Waals surface area (Å²) in [5, 5.41) is 5.13. The Labute approximate surface area is 97.1 Å². The van der Waals surface area contributed by atoms with Crippen LogP contribution in [0.1, 0.15) is 15.9 Å². The number of rotatable bonds is 3. The van der Waals surface area contributed by atoms with Crippen LogP contribution in [-0.2, 0) is 6.54 Å². The number of carbonyl (C=O) groups excluding carboxylic acids is 1. The lowest BCUT2D eigenvalue weighted by atomic mass is 10.1. The number of hydrogen-bond donors (Lipinski definition) is 2. The third-order valence-corrected chi connectivity index (χ3v) is 2.77. The second-order valence-corrected chi connectivity index (χ2v) is 4.09. The monoisotopic (exact) mass is 233 g/mol. The molecular formula is C11H11N3OS. The Balaban J connectivity index is 2.14. The van der Waals surface area contributed by atoms with Crippen LogP contribution in [-0.4, -0.2) is 10.9 Å². The highest BCUT2D eigenvalue weighted by molar-refractivity contribution is 7.13. The van der Waals surface area contributed by atoms with Gasteiger partial charge in [0.25, 0.3) is 5.91 Å². The van der Waals surface area contributed by atoms with Crippen molar-refractivity contribution in [1.82, 2.24) is 4.98 Å². The van der Waals surface area contributed by atoms with E-state index in [0.717, 1.165) is 5.56 Å². The van der Waals surface area contributed by atoms with E-state index in [1.165, 1.54) is 11.3 Å². The number of nitrogens with one attached hydrogen (secondary N) is 1. The topological polar surface area (TPSA) is 68.0 Å². The predicted molar refractivity (Wildman–Crippen MR) is 64.4 cm³/mol. The van der Waals surface area contributed by atoms with E-state index in [-0.39, 0.29) is 5.91 Å². The van der Waals surface area contributed by atoms with E-state index in [4.69, 9.17) is 5.73 Å². The van der Waals surface area contributed by atoms with Crippen LogP contribution in [0.15, 0.2) is 35.8 Å². The standard InChI is InChI=1S/C11H11N3OS/c12-7-8-2-1-3-9(6-8)10(15)14-11-13-4-5-16-11/h1-6H,7,12H2,(H,13,14,15). The minimum Gasteiger partial charge on any atom is -0.326 e. The summed E-state index contributed by atoms with van der Waals surface area (Å²) in [4.78, 5) is 15.8. The molecular weight excluding hydrogens is 222 g/mol. The SMILES string of the molecule is NCc1cccc(C(=O)Nc2nccs2)c1. The van der Waals surface area contributed by atoms with Crippen molar-refractivity contribution >= 4 is 22.4 Å². The Morgan fingerprint density at radius 3 is 3.06 bits per heavy atom. The Morgan fingerprint density at radius 1 is 1.50 bits per heavy atom. The van der Waals surface area contributed by atoms with Crippen LogP contribution < -0.4 is 11.1 Å². The summed E-state index contributed by atoms with van der Waals surface area (Å²) in [6, 6.07) is 7.24. The first kappa shape index (κ1) is 10.8. The maximum absolute atomic E-state index is 11.8. The van der Waals surface area contributed by atoms with Gasteiger partial charge in [-0.25, -0.2) is 4.98 Å². The Kier molecular flexibility index (Phi) is 3.28. The number of hydrogen-bond acceptors (Lipinski definition) is 4.